The van der Waals surface area contributed by atoms with Crippen molar-refractivity contribution in [3.05, 3.63) is 78.1 Å². The molecule has 0 spiro atoms. The molecule has 0 radical (unpaired) electrons. The van der Waals surface area contributed by atoms with Crippen molar-refractivity contribution in [3.63, 3.8) is 0 Å². The van der Waals surface area contributed by atoms with E-state index in [9.17, 15) is 4.39 Å². The van der Waals surface area contributed by atoms with Gasteiger partial charge in [0.15, 0.2) is 0 Å². The lowest BCUT2D eigenvalue weighted by atomic mass is 10.1. The molecule has 2 aromatic rings. The van der Waals surface area contributed by atoms with E-state index in [0.29, 0.717) is 0 Å². The molecule has 1 nitrogen and oxygen atoms in total. The van der Waals surface area contributed by atoms with Crippen molar-refractivity contribution in [2.24, 2.45) is 4.99 Å². The van der Waals surface area contributed by atoms with Crippen molar-refractivity contribution in [3.8, 4) is 0 Å². The molecular weight excluding hydrogens is 237 g/mol. The van der Waals surface area contributed by atoms with Gasteiger partial charge in [-0.3, -0.25) is 4.99 Å². The van der Waals surface area contributed by atoms with Crippen LogP contribution >= 0.6 is 0 Å². The van der Waals surface area contributed by atoms with Crippen LogP contribution in [-0.2, 0) is 6.42 Å². The number of hydrogen-bond donors (Lipinski definition) is 0. The summed E-state index contributed by atoms with van der Waals surface area (Å²) in [4.78, 5) is 4.30. The number of nitrogens with zero attached hydrogens (tertiary/aromatic N) is 1. The largest absolute Gasteiger partial charge is 0.256 e. The summed E-state index contributed by atoms with van der Waals surface area (Å²) in [6, 6.07) is 14.4. The van der Waals surface area contributed by atoms with Crippen LogP contribution in [0.4, 0.5) is 10.1 Å². The van der Waals surface area contributed by atoms with E-state index in [4.69, 9.17) is 0 Å². The predicted molar refractivity (Wildman–Crippen MR) is 78.6 cm³/mol. The second kappa shape index (κ2) is 6.64. The Balaban J connectivity index is 2.02. The van der Waals surface area contributed by atoms with Crippen LogP contribution in [0.25, 0.3) is 0 Å². The van der Waals surface area contributed by atoms with Gasteiger partial charge in [-0.2, -0.15) is 0 Å². The molecule has 0 aromatic heterocycles. The molecule has 0 atom stereocenters. The Bertz CT molecular complexity index is 553. The van der Waals surface area contributed by atoms with Gasteiger partial charge in [-0.15, -0.1) is 6.58 Å². The summed E-state index contributed by atoms with van der Waals surface area (Å²) in [5, 5.41) is 0. The van der Waals surface area contributed by atoms with Crippen molar-refractivity contribution in [2.45, 2.75) is 12.8 Å². The van der Waals surface area contributed by atoms with Gasteiger partial charge in [-0.05, 0) is 48.2 Å². The lowest BCUT2D eigenvalue weighted by molar-refractivity contribution is 0.628. The molecule has 2 rings (SSSR count). The highest BCUT2D eigenvalue weighted by Gasteiger charge is 1.93. The number of aryl methyl sites for hydroxylation is 1. The third-order valence-electron chi connectivity index (χ3n) is 2.81. The molecule has 0 aliphatic carbocycles. The van der Waals surface area contributed by atoms with Crippen LogP contribution in [0.1, 0.15) is 17.5 Å². The van der Waals surface area contributed by atoms with E-state index in [1.165, 1.54) is 17.7 Å². The molecule has 0 saturated carbocycles. The van der Waals surface area contributed by atoms with Gasteiger partial charge in [0, 0.05) is 6.21 Å². The lowest BCUT2D eigenvalue weighted by Gasteiger charge is -1.99. The lowest BCUT2D eigenvalue weighted by Crippen LogP contribution is -1.85. The average Bonchev–Trinajstić information content (AvgIpc) is 2.46. The molecular formula is C17H16FN. The van der Waals surface area contributed by atoms with Crippen LogP contribution in [0.3, 0.4) is 0 Å². The Morgan fingerprint density at radius 3 is 2.32 bits per heavy atom. The minimum atomic E-state index is -0.245. The topological polar surface area (TPSA) is 12.4 Å². The second-order valence-electron chi connectivity index (χ2n) is 4.30. The SMILES string of the molecule is C=CCCc1ccc(C=Nc2ccc(F)cc2)cc1. The summed E-state index contributed by atoms with van der Waals surface area (Å²) < 4.78 is 12.7. The first-order valence-electron chi connectivity index (χ1n) is 6.27. The van der Waals surface area contributed by atoms with Gasteiger partial charge in [-0.25, -0.2) is 4.39 Å². The summed E-state index contributed by atoms with van der Waals surface area (Å²) in [5.74, 6) is -0.245. The maximum Gasteiger partial charge on any atom is 0.123 e. The molecule has 19 heavy (non-hydrogen) atoms. The second-order valence-corrected chi connectivity index (χ2v) is 4.30. The number of halogens is 1. The zero-order chi connectivity index (χ0) is 13.5. The number of allylic oxidation sites excluding steroid dienone is 1. The van der Waals surface area contributed by atoms with Crippen molar-refractivity contribution < 1.29 is 4.39 Å². The third-order valence-corrected chi connectivity index (χ3v) is 2.81. The van der Waals surface area contributed by atoms with Crippen LogP contribution in [-0.4, -0.2) is 6.21 Å². The Kier molecular flexibility index (Phi) is 4.62. The summed E-state index contributed by atoms with van der Waals surface area (Å²) in [6.45, 7) is 3.71. The fourth-order valence-electron chi connectivity index (χ4n) is 1.72. The molecule has 0 saturated heterocycles. The van der Waals surface area contributed by atoms with Crippen molar-refractivity contribution in [1.29, 1.82) is 0 Å². The van der Waals surface area contributed by atoms with Crippen molar-refractivity contribution >= 4 is 11.9 Å². The van der Waals surface area contributed by atoms with Crippen LogP contribution in [0.15, 0.2) is 66.2 Å². The van der Waals surface area contributed by atoms with Gasteiger partial charge in [-0.1, -0.05) is 30.3 Å². The highest BCUT2D eigenvalue weighted by Crippen LogP contribution is 2.12. The fraction of sp³-hybridized carbons (Fsp3) is 0.118. The van der Waals surface area contributed by atoms with Gasteiger partial charge in [0.1, 0.15) is 5.82 Å². The first-order chi connectivity index (χ1) is 9.28. The molecule has 2 heteroatoms. The summed E-state index contributed by atoms with van der Waals surface area (Å²) in [6.07, 6.45) is 5.70. The van der Waals surface area contributed by atoms with Gasteiger partial charge in [0.25, 0.3) is 0 Å². The molecule has 0 aliphatic heterocycles. The van der Waals surface area contributed by atoms with Crippen LogP contribution < -0.4 is 0 Å². The van der Waals surface area contributed by atoms with Gasteiger partial charge in [0.2, 0.25) is 0 Å². The maximum atomic E-state index is 12.7. The predicted octanol–water partition coefficient (Wildman–Crippen LogP) is 4.69. The summed E-state index contributed by atoms with van der Waals surface area (Å²) in [7, 11) is 0. The highest BCUT2D eigenvalue weighted by atomic mass is 19.1. The molecule has 0 bridgehead atoms. The van der Waals surface area contributed by atoms with Crippen LogP contribution in [0.2, 0.25) is 0 Å². The van der Waals surface area contributed by atoms with E-state index < -0.39 is 0 Å². The summed E-state index contributed by atoms with van der Waals surface area (Å²) >= 11 is 0. The van der Waals surface area contributed by atoms with Gasteiger partial charge in [0.05, 0.1) is 5.69 Å². The normalized spacial score (nSPS) is 10.8. The fourth-order valence-corrected chi connectivity index (χ4v) is 1.72. The Morgan fingerprint density at radius 2 is 1.68 bits per heavy atom. The highest BCUT2D eigenvalue weighted by molar-refractivity contribution is 5.81. The third kappa shape index (κ3) is 4.18. The van der Waals surface area contributed by atoms with E-state index in [1.807, 2.05) is 18.2 Å². The molecule has 0 heterocycles. The number of benzene rings is 2. The monoisotopic (exact) mass is 253 g/mol. The van der Waals surface area contributed by atoms with Crippen molar-refractivity contribution in [1.82, 2.24) is 0 Å². The van der Waals surface area contributed by atoms with E-state index in [0.717, 1.165) is 24.1 Å². The van der Waals surface area contributed by atoms with E-state index in [1.54, 1.807) is 18.3 Å². The Hall–Kier alpha value is -2.22. The van der Waals surface area contributed by atoms with E-state index in [2.05, 4.69) is 23.7 Å². The molecule has 96 valence electrons. The van der Waals surface area contributed by atoms with Crippen LogP contribution in [0, 0.1) is 5.82 Å². The number of hydrogen-bond acceptors (Lipinski definition) is 1. The Labute approximate surface area is 113 Å². The number of rotatable bonds is 5. The van der Waals surface area contributed by atoms with E-state index >= 15 is 0 Å². The molecule has 2 aromatic carbocycles. The number of aliphatic imine (C=N–C) groups is 1. The first-order valence-corrected chi connectivity index (χ1v) is 6.27. The average molecular weight is 253 g/mol. The minimum absolute atomic E-state index is 0.245. The minimum Gasteiger partial charge on any atom is -0.256 e. The quantitative estimate of drug-likeness (QED) is 0.541. The molecule has 0 N–H and O–H groups in total. The van der Waals surface area contributed by atoms with Crippen LogP contribution in [0.5, 0.6) is 0 Å². The molecule has 0 aliphatic rings. The zero-order valence-electron chi connectivity index (χ0n) is 10.7. The van der Waals surface area contributed by atoms with Gasteiger partial charge < -0.3 is 0 Å². The molecule has 0 unspecified atom stereocenters. The molecule has 0 fully saturated rings. The van der Waals surface area contributed by atoms with Gasteiger partial charge >= 0.3 is 0 Å². The summed E-state index contributed by atoms with van der Waals surface area (Å²) in [5.41, 5.74) is 3.07. The first kappa shape index (κ1) is 13.2. The zero-order valence-corrected chi connectivity index (χ0v) is 10.7. The van der Waals surface area contributed by atoms with E-state index in [-0.39, 0.29) is 5.82 Å². The standard InChI is InChI=1S/C17H16FN/c1-2-3-4-14-5-7-15(8-6-14)13-19-17-11-9-16(18)10-12-17/h2,5-13H,1,3-4H2. The molecule has 0 amide bonds. The van der Waals surface area contributed by atoms with Crippen molar-refractivity contribution in [2.75, 3.05) is 0 Å². The smallest absolute Gasteiger partial charge is 0.123 e. The Morgan fingerprint density at radius 1 is 1.00 bits per heavy atom. The maximum absolute atomic E-state index is 12.7.